The summed E-state index contributed by atoms with van der Waals surface area (Å²) in [4.78, 5) is 8.72. The van der Waals surface area contributed by atoms with Gasteiger partial charge in [0.2, 0.25) is 0 Å². The summed E-state index contributed by atoms with van der Waals surface area (Å²) in [5, 5.41) is 1.28. The van der Waals surface area contributed by atoms with E-state index in [1.54, 1.807) is 0 Å². The number of nitrogens with zero attached hydrogens (tertiary/aromatic N) is 2. The van der Waals surface area contributed by atoms with Gasteiger partial charge in [0.25, 0.3) is 0 Å². The molecule has 2 N–H and O–H groups in total. The smallest absolute Gasteiger partial charge is 0.0977 e. The minimum absolute atomic E-state index is 0.482. The Hall–Kier alpha value is -0.450. The molecule has 0 amide bonds. The third-order valence-electron chi connectivity index (χ3n) is 4.84. The predicted molar refractivity (Wildman–Crippen MR) is 76.0 cm³/mol. The van der Waals surface area contributed by atoms with E-state index in [-0.39, 0.29) is 0 Å². The highest BCUT2D eigenvalue weighted by Crippen LogP contribution is 2.41. The van der Waals surface area contributed by atoms with E-state index in [4.69, 9.17) is 10.7 Å². The fraction of sp³-hybridized carbons (Fsp3) is 0.786. The maximum atomic E-state index is 6.07. The van der Waals surface area contributed by atoms with Gasteiger partial charge in [-0.2, -0.15) is 0 Å². The van der Waals surface area contributed by atoms with Gasteiger partial charge in [-0.25, -0.2) is 4.98 Å². The first-order chi connectivity index (χ1) is 8.69. The molecule has 3 fully saturated rings. The Balaban J connectivity index is 1.84. The van der Waals surface area contributed by atoms with Gasteiger partial charge in [0, 0.05) is 23.9 Å². The van der Waals surface area contributed by atoms with Crippen molar-refractivity contribution >= 4 is 11.3 Å². The van der Waals surface area contributed by atoms with E-state index in [1.165, 1.54) is 48.1 Å². The van der Waals surface area contributed by atoms with Crippen LogP contribution in [0, 0.1) is 25.7 Å². The molecule has 3 aliphatic rings. The maximum Gasteiger partial charge on any atom is 0.0977 e. The van der Waals surface area contributed by atoms with Gasteiger partial charge in [-0.05, 0) is 51.6 Å². The van der Waals surface area contributed by atoms with Crippen LogP contribution in [0.4, 0.5) is 0 Å². The Morgan fingerprint density at radius 1 is 1.39 bits per heavy atom. The third-order valence-corrected chi connectivity index (χ3v) is 6.04. The maximum absolute atomic E-state index is 6.07. The van der Waals surface area contributed by atoms with E-state index in [0.717, 1.165) is 18.4 Å². The molecule has 0 saturated carbocycles. The van der Waals surface area contributed by atoms with E-state index in [1.807, 2.05) is 11.3 Å². The molecule has 3 saturated heterocycles. The molecular formula is C14H23N3S. The monoisotopic (exact) mass is 265 g/mol. The first-order valence-corrected chi connectivity index (χ1v) is 7.87. The lowest BCUT2D eigenvalue weighted by Gasteiger charge is -2.47. The van der Waals surface area contributed by atoms with Gasteiger partial charge in [0.1, 0.15) is 0 Å². The van der Waals surface area contributed by atoms with Crippen molar-refractivity contribution in [3.8, 4) is 0 Å². The molecule has 18 heavy (non-hydrogen) atoms. The quantitative estimate of drug-likeness (QED) is 0.910. The van der Waals surface area contributed by atoms with Crippen molar-refractivity contribution in [2.45, 2.75) is 32.6 Å². The molecule has 0 radical (unpaired) electrons. The zero-order chi connectivity index (χ0) is 12.7. The Labute approximate surface area is 113 Å². The van der Waals surface area contributed by atoms with Crippen LogP contribution < -0.4 is 5.73 Å². The number of aromatic nitrogens is 1. The second-order valence-electron chi connectivity index (χ2n) is 5.84. The number of fused-ring (bicyclic) bond motifs is 3. The summed E-state index contributed by atoms with van der Waals surface area (Å²) in [5.74, 6) is 2.10. The van der Waals surface area contributed by atoms with Crippen molar-refractivity contribution in [3.63, 3.8) is 0 Å². The van der Waals surface area contributed by atoms with Crippen molar-refractivity contribution in [2.75, 3.05) is 26.2 Å². The first kappa shape index (κ1) is 12.6. The lowest BCUT2D eigenvalue weighted by Crippen LogP contribution is -2.50. The number of nitrogens with two attached hydrogens (primary N) is 1. The number of aryl methyl sites for hydroxylation is 2. The van der Waals surface area contributed by atoms with Crippen LogP contribution >= 0.6 is 11.3 Å². The van der Waals surface area contributed by atoms with Crippen molar-refractivity contribution in [3.05, 3.63) is 15.6 Å². The van der Waals surface area contributed by atoms with Gasteiger partial charge in [0.15, 0.2) is 0 Å². The average Bonchev–Trinajstić information content (AvgIpc) is 2.72. The highest BCUT2D eigenvalue weighted by molar-refractivity contribution is 7.11. The minimum atomic E-state index is 0.482. The third kappa shape index (κ3) is 2.10. The zero-order valence-corrected chi connectivity index (χ0v) is 12.2. The number of hydrogen-bond acceptors (Lipinski definition) is 4. The SMILES string of the molecule is Cc1nc(C(CN)C2CN3CCC2CC3)sc1C. The molecule has 1 aromatic rings. The van der Waals surface area contributed by atoms with Crippen LogP contribution in [0.25, 0.3) is 0 Å². The lowest BCUT2D eigenvalue weighted by atomic mass is 9.72. The number of thiazole rings is 1. The topological polar surface area (TPSA) is 42.1 Å². The Morgan fingerprint density at radius 3 is 2.56 bits per heavy atom. The summed E-state index contributed by atoms with van der Waals surface area (Å²) in [6, 6.07) is 0. The molecule has 4 rings (SSSR count). The number of rotatable bonds is 3. The molecule has 1 aromatic heterocycles. The van der Waals surface area contributed by atoms with Gasteiger partial charge < -0.3 is 10.6 Å². The van der Waals surface area contributed by atoms with Crippen molar-refractivity contribution in [1.82, 2.24) is 9.88 Å². The second-order valence-corrected chi connectivity index (χ2v) is 7.07. The zero-order valence-electron chi connectivity index (χ0n) is 11.4. The first-order valence-electron chi connectivity index (χ1n) is 7.05. The summed E-state index contributed by atoms with van der Waals surface area (Å²) in [6.45, 7) is 8.87. The molecular weight excluding hydrogens is 242 g/mol. The normalized spacial score (nSPS) is 32.7. The summed E-state index contributed by atoms with van der Waals surface area (Å²) >= 11 is 1.86. The molecule has 0 spiro atoms. The van der Waals surface area contributed by atoms with Crippen LogP contribution in [0.3, 0.4) is 0 Å². The van der Waals surface area contributed by atoms with Crippen LogP contribution in [-0.4, -0.2) is 36.1 Å². The molecule has 4 heteroatoms. The van der Waals surface area contributed by atoms with Crippen LogP contribution in [-0.2, 0) is 0 Å². The number of piperidine rings is 3. The van der Waals surface area contributed by atoms with Gasteiger partial charge >= 0.3 is 0 Å². The van der Waals surface area contributed by atoms with Crippen LogP contribution in [0.2, 0.25) is 0 Å². The summed E-state index contributed by atoms with van der Waals surface area (Å²) in [5.41, 5.74) is 7.26. The largest absolute Gasteiger partial charge is 0.330 e. The van der Waals surface area contributed by atoms with Gasteiger partial charge in [-0.1, -0.05) is 0 Å². The molecule has 3 aliphatic heterocycles. The second kappa shape index (κ2) is 4.91. The predicted octanol–water partition coefficient (Wildman–Crippen LogP) is 2.14. The van der Waals surface area contributed by atoms with Gasteiger partial charge in [0.05, 0.1) is 10.7 Å². The Morgan fingerprint density at radius 2 is 2.11 bits per heavy atom. The Bertz CT molecular complexity index is 401. The van der Waals surface area contributed by atoms with Crippen molar-refractivity contribution in [1.29, 1.82) is 0 Å². The fourth-order valence-corrected chi connectivity index (χ4v) is 4.69. The highest BCUT2D eigenvalue weighted by Gasteiger charge is 2.39. The molecule has 2 bridgehead atoms. The van der Waals surface area contributed by atoms with Crippen molar-refractivity contribution in [2.24, 2.45) is 17.6 Å². The fourth-order valence-electron chi connectivity index (χ4n) is 3.58. The highest BCUT2D eigenvalue weighted by atomic mass is 32.1. The van der Waals surface area contributed by atoms with Crippen LogP contribution in [0.15, 0.2) is 0 Å². The van der Waals surface area contributed by atoms with E-state index < -0.39 is 0 Å². The molecule has 2 atom stereocenters. The van der Waals surface area contributed by atoms with Crippen molar-refractivity contribution < 1.29 is 0 Å². The molecule has 100 valence electrons. The van der Waals surface area contributed by atoms with E-state index in [0.29, 0.717) is 5.92 Å². The van der Waals surface area contributed by atoms with E-state index in [2.05, 4.69) is 18.7 Å². The summed E-state index contributed by atoms with van der Waals surface area (Å²) in [7, 11) is 0. The van der Waals surface area contributed by atoms with Crippen LogP contribution in [0.1, 0.15) is 34.3 Å². The molecule has 0 aliphatic carbocycles. The Kier molecular flexibility index (Phi) is 3.43. The van der Waals surface area contributed by atoms with Gasteiger partial charge in [-0.3, -0.25) is 0 Å². The lowest BCUT2D eigenvalue weighted by molar-refractivity contribution is 0.0378. The molecule has 3 nitrogen and oxygen atoms in total. The summed E-state index contributed by atoms with van der Waals surface area (Å²) in [6.07, 6.45) is 2.73. The average molecular weight is 265 g/mol. The standard InChI is InChI=1S/C14H23N3S/c1-9-10(2)18-14(16-9)12(7-15)13-8-17-5-3-11(13)4-6-17/h11-13H,3-8,15H2,1-2H3. The molecule has 2 unspecified atom stereocenters. The summed E-state index contributed by atoms with van der Waals surface area (Å²) < 4.78 is 0. The van der Waals surface area contributed by atoms with E-state index >= 15 is 0 Å². The van der Waals surface area contributed by atoms with E-state index in [9.17, 15) is 0 Å². The minimum Gasteiger partial charge on any atom is -0.330 e. The molecule has 4 heterocycles. The van der Waals surface area contributed by atoms with Crippen LogP contribution in [0.5, 0.6) is 0 Å². The van der Waals surface area contributed by atoms with Gasteiger partial charge in [-0.15, -0.1) is 11.3 Å². The molecule has 0 aromatic carbocycles. The number of hydrogen-bond donors (Lipinski definition) is 1.